The SMILES string of the molecule is CCN(CC)CCCCC(NC(C)=O)c1ccccc1. The van der Waals surface area contributed by atoms with Gasteiger partial charge in [-0.1, -0.05) is 44.2 Å². The fraction of sp³-hybridized carbons (Fsp3) is 0.588. The van der Waals surface area contributed by atoms with Gasteiger partial charge in [0.25, 0.3) is 0 Å². The molecular formula is C17H28N2O. The number of nitrogens with one attached hydrogen (secondary N) is 1. The predicted molar refractivity (Wildman–Crippen MR) is 84.6 cm³/mol. The third-order valence-corrected chi connectivity index (χ3v) is 3.69. The number of unbranched alkanes of at least 4 members (excludes halogenated alkanes) is 1. The van der Waals surface area contributed by atoms with Crippen LogP contribution in [0.1, 0.15) is 51.6 Å². The van der Waals surface area contributed by atoms with Crippen molar-refractivity contribution in [3.63, 3.8) is 0 Å². The Morgan fingerprint density at radius 2 is 1.80 bits per heavy atom. The van der Waals surface area contributed by atoms with Gasteiger partial charge in [-0.3, -0.25) is 4.79 Å². The Kier molecular flexibility index (Phi) is 7.97. The molecule has 3 nitrogen and oxygen atoms in total. The zero-order chi connectivity index (χ0) is 14.8. The van der Waals surface area contributed by atoms with Crippen LogP contribution in [0.15, 0.2) is 30.3 Å². The maximum absolute atomic E-state index is 11.3. The van der Waals surface area contributed by atoms with Crippen molar-refractivity contribution in [2.45, 2.75) is 46.1 Å². The van der Waals surface area contributed by atoms with Gasteiger partial charge in [-0.15, -0.1) is 0 Å². The number of nitrogens with zero attached hydrogens (tertiary/aromatic N) is 1. The molecule has 0 aliphatic carbocycles. The number of amides is 1. The lowest BCUT2D eigenvalue weighted by molar-refractivity contribution is -0.119. The smallest absolute Gasteiger partial charge is 0.217 e. The van der Waals surface area contributed by atoms with Crippen LogP contribution in [0.25, 0.3) is 0 Å². The van der Waals surface area contributed by atoms with E-state index in [9.17, 15) is 4.79 Å². The van der Waals surface area contributed by atoms with E-state index in [2.05, 4.69) is 36.2 Å². The summed E-state index contributed by atoms with van der Waals surface area (Å²) in [6.07, 6.45) is 3.33. The minimum Gasteiger partial charge on any atom is -0.350 e. The van der Waals surface area contributed by atoms with E-state index in [0.29, 0.717) is 0 Å². The van der Waals surface area contributed by atoms with Crippen LogP contribution in [0, 0.1) is 0 Å². The molecule has 0 saturated heterocycles. The normalized spacial score (nSPS) is 12.4. The van der Waals surface area contributed by atoms with E-state index < -0.39 is 0 Å². The Labute approximate surface area is 123 Å². The number of benzene rings is 1. The Morgan fingerprint density at radius 1 is 1.15 bits per heavy atom. The first-order chi connectivity index (χ1) is 9.67. The molecular weight excluding hydrogens is 248 g/mol. The van der Waals surface area contributed by atoms with E-state index >= 15 is 0 Å². The first-order valence-electron chi connectivity index (χ1n) is 7.71. The van der Waals surface area contributed by atoms with Crippen LogP contribution in [-0.2, 0) is 4.79 Å². The molecule has 0 radical (unpaired) electrons. The topological polar surface area (TPSA) is 32.3 Å². The first kappa shape index (κ1) is 16.7. The lowest BCUT2D eigenvalue weighted by Crippen LogP contribution is -2.27. The van der Waals surface area contributed by atoms with Crippen molar-refractivity contribution in [2.24, 2.45) is 0 Å². The zero-order valence-electron chi connectivity index (χ0n) is 13.1. The maximum Gasteiger partial charge on any atom is 0.217 e. The van der Waals surface area contributed by atoms with Crippen LogP contribution in [0.3, 0.4) is 0 Å². The van der Waals surface area contributed by atoms with E-state index in [-0.39, 0.29) is 11.9 Å². The molecule has 0 aliphatic heterocycles. The van der Waals surface area contributed by atoms with Gasteiger partial charge in [0.15, 0.2) is 0 Å². The molecule has 1 atom stereocenters. The van der Waals surface area contributed by atoms with Gasteiger partial charge in [-0.2, -0.15) is 0 Å². The average molecular weight is 276 g/mol. The zero-order valence-corrected chi connectivity index (χ0v) is 13.1. The largest absolute Gasteiger partial charge is 0.350 e. The Bertz CT molecular complexity index is 374. The van der Waals surface area contributed by atoms with E-state index in [1.54, 1.807) is 6.92 Å². The quantitative estimate of drug-likeness (QED) is 0.701. The Morgan fingerprint density at radius 3 is 2.35 bits per heavy atom. The monoisotopic (exact) mass is 276 g/mol. The molecule has 0 aliphatic rings. The maximum atomic E-state index is 11.3. The minimum atomic E-state index is 0.0441. The van der Waals surface area contributed by atoms with E-state index in [1.807, 2.05) is 18.2 Å². The molecule has 0 fully saturated rings. The number of hydrogen-bond donors (Lipinski definition) is 1. The molecule has 0 spiro atoms. The second-order valence-electron chi connectivity index (χ2n) is 5.19. The second-order valence-corrected chi connectivity index (χ2v) is 5.19. The van der Waals surface area contributed by atoms with Gasteiger partial charge in [0.05, 0.1) is 6.04 Å². The van der Waals surface area contributed by atoms with Crippen LogP contribution in [0.2, 0.25) is 0 Å². The fourth-order valence-corrected chi connectivity index (χ4v) is 2.48. The van der Waals surface area contributed by atoms with Gasteiger partial charge >= 0.3 is 0 Å². The van der Waals surface area contributed by atoms with Gasteiger partial charge in [0, 0.05) is 6.92 Å². The average Bonchev–Trinajstić information content (AvgIpc) is 2.46. The van der Waals surface area contributed by atoms with Crippen LogP contribution in [-0.4, -0.2) is 30.4 Å². The third kappa shape index (κ3) is 6.20. The third-order valence-electron chi connectivity index (χ3n) is 3.69. The van der Waals surface area contributed by atoms with Crippen LogP contribution in [0.5, 0.6) is 0 Å². The number of carbonyl (C=O) groups is 1. The molecule has 1 unspecified atom stereocenters. The summed E-state index contributed by atoms with van der Waals surface area (Å²) in [4.78, 5) is 13.8. The highest BCUT2D eigenvalue weighted by molar-refractivity contribution is 5.73. The summed E-state index contributed by atoms with van der Waals surface area (Å²) < 4.78 is 0. The van der Waals surface area contributed by atoms with E-state index in [4.69, 9.17) is 0 Å². The molecule has 0 saturated carbocycles. The van der Waals surface area contributed by atoms with Gasteiger partial charge in [0.2, 0.25) is 5.91 Å². The number of hydrogen-bond acceptors (Lipinski definition) is 2. The molecule has 1 rings (SSSR count). The van der Waals surface area contributed by atoms with Crippen molar-refractivity contribution < 1.29 is 4.79 Å². The Hall–Kier alpha value is -1.35. The van der Waals surface area contributed by atoms with Crippen LogP contribution < -0.4 is 5.32 Å². The van der Waals surface area contributed by atoms with Gasteiger partial charge in [-0.25, -0.2) is 0 Å². The van der Waals surface area contributed by atoms with Gasteiger partial charge in [-0.05, 0) is 44.5 Å². The Balaban J connectivity index is 2.44. The standard InChI is InChI=1S/C17H28N2O/c1-4-19(5-2)14-10-9-13-17(18-15(3)20)16-11-7-6-8-12-16/h6-8,11-12,17H,4-5,9-10,13-14H2,1-3H3,(H,18,20). The molecule has 20 heavy (non-hydrogen) atoms. The molecule has 1 amide bonds. The van der Waals surface area contributed by atoms with Crippen molar-refractivity contribution >= 4 is 5.91 Å². The molecule has 0 heterocycles. The predicted octanol–water partition coefficient (Wildman–Crippen LogP) is 3.38. The fourth-order valence-electron chi connectivity index (χ4n) is 2.48. The van der Waals surface area contributed by atoms with Crippen LogP contribution >= 0.6 is 0 Å². The van der Waals surface area contributed by atoms with Crippen molar-refractivity contribution in [3.05, 3.63) is 35.9 Å². The van der Waals surface area contributed by atoms with E-state index in [0.717, 1.165) is 32.5 Å². The highest BCUT2D eigenvalue weighted by atomic mass is 16.1. The summed E-state index contributed by atoms with van der Waals surface area (Å²) in [7, 11) is 0. The van der Waals surface area contributed by atoms with Crippen molar-refractivity contribution in [2.75, 3.05) is 19.6 Å². The second kappa shape index (κ2) is 9.54. The molecule has 1 aromatic carbocycles. The molecule has 0 aromatic heterocycles. The van der Waals surface area contributed by atoms with Crippen molar-refractivity contribution in [3.8, 4) is 0 Å². The van der Waals surface area contributed by atoms with Gasteiger partial charge in [0.1, 0.15) is 0 Å². The summed E-state index contributed by atoms with van der Waals surface area (Å²) in [5, 5.41) is 3.06. The highest BCUT2D eigenvalue weighted by Crippen LogP contribution is 2.19. The van der Waals surface area contributed by atoms with Crippen LogP contribution in [0.4, 0.5) is 0 Å². The summed E-state index contributed by atoms with van der Waals surface area (Å²) in [5.74, 6) is 0.0441. The van der Waals surface area contributed by atoms with Crippen molar-refractivity contribution in [1.29, 1.82) is 0 Å². The van der Waals surface area contributed by atoms with E-state index in [1.165, 1.54) is 12.0 Å². The highest BCUT2D eigenvalue weighted by Gasteiger charge is 2.12. The molecule has 1 N–H and O–H groups in total. The number of rotatable bonds is 9. The van der Waals surface area contributed by atoms with Crippen molar-refractivity contribution in [1.82, 2.24) is 10.2 Å². The molecule has 112 valence electrons. The summed E-state index contributed by atoms with van der Waals surface area (Å²) in [6.45, 7) is 9.37. The first-order valence-corrected chi connectivity index (χ1v) is 7.71. The minimum absolute atomic E-state index is 0.0441. The summed E-state index contributed by atoms with van der Waals surface area (Å²) in [6, 6.07) is 10.4. The molecule has 0 bridgehead atoms. The number of carbonyl (C=O) groups excluding carboxylic acids is 1. The molecule has 3 heteroatoms. The lowest BCUT2D eigenvalue weighted by Gasteiger charge is -2.20. The lowest BCUT2D eigenvalue weighted by atomic mass is 10.0. The summed E-state index contributed by atoms with van der Waals surface area (Å²) in [5.41, 5.74) is 1.20. The summed E-state index contributed by atoms with van der Waals surface area (Å²) >= 11 is 0. The van der Waals surface area contributed by atoms with Gasteiger partial charge < -0.3 is 10.2 Å². The molecule has 1 aromatic rings.